The van der Waals surface area contributed by atoms with Crippen LogP contribution in [0.4, 0.5) is 0 Å². The van der Waals surface area contributed by atoms with Crippen LogP contribution in [-0.4, -0.2) is 27.4 Å². The second kappa shape index (κ2) is 5.41. The summed E-state index contributed by atoms with van der Waals surface area (Å²) in [6.45, 7) is 4.17. The molecule has 1 aliphatic rings. The van der Waals surface area contributed by atoms with E-state index in [1.54, 1.807) is 6.33 Å². The Balaban J connectivity index is 1.87. The van der Waals surface area contributed by atoms with Gasteiger partial charge in [0.05, 0.1) is 6.10 Å². The molecule has 2 N–H and O–H groups in total. The van der Waals surface area contributed by atoms with Crippen molar-refractivity contribution in [3.05, 3.63) is 12.2 Å². The Morgan fingerprint density at radius 3 is 3.19 bits per heavy atom. The number of nitrogens with zero attached hydrogens (tertiary/aromatic N) is 3. The van der Waals surface area contributed by atoms with Gasteiger partial charge in [-0.3, -0.25) is 0 Å². The zero-order chi connectivity index (χ0) is 11.4. The Hall–Kier alpha value is -0.940. The van der Waals surface area contributed by atoms with Crippen molar-refractivity contribution in [2.24, 2.45) is 11.7 Å². The molecule has 5 heteroatoms. The molecule has 0 bridgehead atoms. The number of nitrogens with two attached hydrogens (primary N) is 1. The summed E-state index contributed by atoms with van der Waals surface area (Å²) < 4.78 is 7.76. The van der Waals surface area contributed by atoms with Gasteiger partial charge in [0.25, 0.3) is 0 Å². The maximum Gasteiger partial charge on any atom is 0.152 e. The number of aromatic nitrogens is 3. The second-order valence-corrected chi connectivity index (χ2v) is 4.27. The van der Waals surface area contributed by atoms with Crippen LogP contribution in [0.25, 0.3) is 0 Å². The molecule has 1 heterocycles. The number of hydrogen-bond acceptors (Lipinski definition) is 4. The number of aryl methyl sites for hydroxylation is 1. The average Bonchev–Trinajstić information content (AvgIpc) is 2.94. The minimum absolute atomic E-state index is 0.312. The van der Waals surface area contributed by atoms with E-state index in [1.807, 2.05) is 4.68 Å². The van der Waals surface area contributed by atoms with E-state index >= 15 is 0 Å². The Morgan fingerprint density at radius 2 is 2.44 bits per heavy atom. The summed E-state index contributed by atoms with van der Waals surface area (Å²) in [7, 11) is 0. The van der Waals surface area contributed by atoms with Crippen LogP contribution in [0.3, 0.4) is 0 Å². The summed E-state index contributed by atoms with van der Waals surface area (Å²) >= 11 is 0. The lowest BCUT2D eigenvalue weighted by atomic mass is 10.1. The molecule has 90 valence electrons. The highest BCUT2D eigenvalue weighted by molar-refractivity contribution is 4.84. The number of hydrogen-bond donors (Lipinski definition) is 1. The van der Waals surface area contributed by atoms with Gasteiger partial charge < -0.3 is 10.5 Å². The minimum Gasteiger partial charge on any atom is -0.370 e. The fourth-order valence-corrected chi connectivity index (χ4v) is 2.34. The Morgan fingerprint density at radius 1 is 1.56 bits per heavy atom. The van der Waals surface area contributed by atoms with Crippen molar-refractivity contribution in [2.75, 3.05) is 6.54 Å². The van der Waals surface area contributed by atoms with Gasteiger partial charge in [-0.15, -0.1) is 0 Å². The first-order valence-electron chi connectivity index (χ1n) is 6.03. The van der Waals surface area contributed by atoms with Crippen molar-refractivity contribution in [3.63, 3.8) is 0 Å². The lowest BCUT2D eigenvalue weighted by molar-refractivity contribution is 0.0131. The number of rotatable bonds is 5. The summed E-state index contributed by atoms with van der Waals surface area (Å²) in [4.78, 5) is 4.19. The van der Waals surface area contributed by atoms with Crippen molar-refractivity contribution in [1.82, 2.24) is 14.8 Å². The third-order valence-electron chi connectivity index (χ3n) is 3.31. The van der Waals surface area contributed by atoms with Crippen molar-refractivity contribution in [2.45, 2.75) is 45.4 Å². The van der Waals surface area contributed by atoms with Gasteiger partial charge in [-0.2, -0.15) is 5.10 Å². The molecule has 0 radical (unpaired) electrons. The standard InChI is InChI=1S/C11H20N4O/c1-2-15-11(13-8-14-15)7-16-10-5-3-4-9(10)6-12/h8-10H,2-7,12H2,1H3. The quantitative estimate of drug-likeness (QED) is 0.808. The molecule has 2 rings (SSSR count). The van der Waals surface area contributed by atoms with Gasteiger partial charge in [0.1, 0.15) is 12.9 Å². The highest BCUT2D eigenvalue weighted by atomic mass is 16.5. The van der Waals surface area contributed by atoms with E-state index in [0.717, 1.165) is 25.3 Å². The van der Waals surface area contributed by atoms with Crippen LogP contribution < -0.4 is 5.73 Å². The van der Waals surface area contributed by atoms with Gasteiger partial charge in [0.2, 0.25) is 0 Å². The zero-order valence-electron chi connectivity index (χ0n) is 9.80. The van der Waals surface area contributed by atoms with Gasteiger partial charge in [0, 0.05) is 6.54 Å². The van der Waals surface area contributed by atoms with E-state index in [1.165, 1.54) is 12.8 Å². The average molecular weight is 224 g/mol. The molecule has 0 aliphatic heterocycles. The molecular weight excluding hydrogens is 204 g/mol. The molecular formula is C11H20N4O. The Kier molecular flexibility index (Phi) is 3.90. The predicted octanol–water partition coefficient (Wildman–Crippen LogP) is 0.942. The summed E-state index contributed by atoms with van der Waals surface area (Å²) in [6.07, 6.45) is 5.45. The van der Waals surface area contributed by atoms with E-state index in [0.29, 0.717) is 18.6 Å². The summed E-state index contributed by atoms with van der Waals surface area (Å²) in [5.41, 5.74) is 5.72. The van der Waals surface area contributed by atoms with Gasteiger partial charge in [-0.25, -0.2) is 9.67 Å². The monoisotopic (exact) mass is 224 g/mol. The summed E-state index contributed by atoms with van der Waals surface area (Å²) in [6, 6.07) is 0. The smallest absolute Gasteiger partial charge is 0.152 e. The highest BCUT2D eigenvalue weighted by Gasteiger charge is 2.26. The molecule has 0 amide bonds. The SMILES string of the molecule is CCn1ncnc1COC1CCCC1CN. The molecule has 5 nitrogen and oxygen atoms in total. The maximum atomic E-state index is 5.89. The van der Waals surface area contributed by atoms with E-state index in [2.05, 4.69) is 17.0 Å². The molecule has 1 fully saturated rings. The van der Waals surface area contributed by atoms with Crippen LogP contribution in [0.15, 0.2) is 6.33 Å². The molecule has 0 aromatic carbocycles. The van der Waals surface area contributed by atoms with Crippen molar-refractivity contribution in [1.29, 1.82) is 0 Å². The molecule has 16 heavy (non-hydrogen) atoms. The topological polar surface area (TPSA) is 66.0 Å². The van der Waals surface area contributed by atoms with Crippen LogP contribution in [0.5, 0.6) is 0 Å². The van der Waals surface area contributed by atoms with Crippen molar-refractivity contribution < 1.29 is 4.74 Å². The summed E-state index contributed by atoms with van der Waals surface area (Å²) in [5, 5.41) is 4.12. The summed E-state index contributed by atoms with van der Waals surface area (Å²) in [5.74, 6) is 1.43. The first-order valence-corrected chi connectivity index (χ1v) is 6.03. The van der Waals surface area contributed by atoms with E-state index in [9.17, 15) is 0 Å². The molecule has 1 aromatic rings. The van der Waals surface area contributed by atoms with Crippen molar-refractivity contribution in [3.8, 4) is 0 Å². The largest absolute Gasteiger partial charge is 0.370 e. The fraction of sp³-hybridized carbons (Fsp3) is 0.818. The predicted molar refractivity (Wildman–Crippen MR) is 60.7 cm³/mol. The number of ether oxygens (including phenoxy) is 1. The highest BCUT2D eigenvalue weighted by Crippen LogP contribution is 2.27. The van der Waals surface area contributed by atoms with Gasteiger partial charge in [0.15, 0.2) is 5.82 Å². The first kappa shape index (κ1) is 11.5. The normalized spacial score (nSPS) is 25.1. The maximum absolute atomic E-state index is 5.89. The molecule has 2 unspecified atom stereocenters. The van der Waals surface area contributed by atoms with Crippen LogP contribution in [-0.2, 0) is 17.9 Å². The van der Waals surface area contributed by atoms with Crippen LogP contribution in [0.1, 0.15) is 32.0 Å². The van der Waals surface area contributed by atoms with Crippen molar-refractivity contribution >= 4 is 0 Å². The minimum atomic E-state index is 0.312. The van der Waals surface area contributed by atoms with Gasteiger partial charge in [-0.1, -0.05) is 6.42 Å². The third kappa shape index (κ3) is 2.41. The fourth-order valence-electron chi connectivity index (χ4n) is 2.34. The molecule has 1 aromatic heterocycles. The van der Waals surface area contributed by atoms with Crippen LogP contribution in [0.2, 0.25) is 0 Å². The lowest BCUT2D eigenvalue weighted by Gasteiger charge is -2.18. The van der Waals surface area contributed by atoms with E-state index in [-0.39, 0.29) is 0 Å². The molecule has 1 saturated carbocycles. The Labute approximate surface area is 96.0 Å². The van der Waals surface area contributed by atoms with E-state index < -0.39 is 0 Å². The van der Waals surface area contributed by atoms with Gasteiger partial charge >= 0.3 is 0 Å². The molecule has 0 saturated heterocycles. The molecule has 2 atom stereocenters. The molecule has 0 spiro atoms. The third-order valence-corrected chi connectivity index (χ3v) is 3.31. The van der Waals surface area contributed by atoms with Crippen LogP contribution in [0, 0.1) is 5.92 Å². The van der Waals surface area contributed by atoms with Gasteiger partial charge in [-0.05, 0) is 32.2 Å². The lowest BCUT2D eigenvalue weighted by Crippen LogP contribution is -2.25. The van der Waals surface area contributed by atoms with E-state index in [4.69, 9.17) is 10.5 Å². The second-order valence-electron chi connectivity index (χ2n) is 4.27. The van der Waals surface area contributed by atoms with Crippen LogP contribution >= 0.6 is 0 Å². The molecule has 1 aliphatic carbocycles. The zero-order valence-corrected chi connectivity index (χ0v) is 9.80. The Bertz CT molecular complexity index is 326. The first-order chi connectivity index (χ1) is 7.85.